The Balaban J connectivity index is 0. The maximum atomic E-state index is 9.63. The molecule has 0 atom stereocenters. The maximum Gasteiger partial charge on any atom is 0.270 e. The van der Waals surface area contributed by atoms with Crippen LogP contribution in [0.2, 0.25) is 32.7 Å². The zero-order chi connectivity index (χ0) is 8.08. The summed E-state index contributed by atoms with van der Waals surface area (Å²) in [5.74, 6) is 0. The van der Waals surface area contributed by atoms with Crippen molar-refractivity contribution in [2.45, 2.75) is 32.7 Å². The second-order valence-corrected chi connectivity index (χ2v) is 9.24. The van der Waals surface area contributed by atoms with Crippen molar-refractivity contribution in [1.82, 2.24) is 0 Å². The van der Waals surface area contributed by atoms with Crippen LogP contribution in [0.15, 0.2) is 0 Å². The lowest BCUT2D eigenvalue weighted by atomic mass is 11.8. The molecule has 0 amide bonds. The molecule has 0 bridgehead atoms. The maximum absolute atomic E-state index is 9.63. The molecule has 0 aromatic carbocycles. The lowest BCUT2D eigenvalue weighted by Gasteiger charge is -2.00. The molecule has 1 N–H and O–H groups in total. The SMILES string of the molecule is C[Si](C)(C)O.C[Si](C)=O. The Morgan fingerprint density at radius 3 is 1.22 bits per heavy atom. The van der Waals surface area contributed by atoms with Crippen molar-refractivity contribution < 1.29 is 9.26 Å². The Kier molecular flexibility index (Phi) is 6.65. The Bertz CT molecular complexity index is 75.4. The third-order valence-corrected chi connectivity index (χ3v) is 0. The van der Waals surface area contributed by atoms with Gasteiger partial charge in [0.2, 0.25) is 0 Å². The van der Waals surface area contributed by atoms with E-state index in [1.807, 2.05) is 19.6 Å². The van der Waals surface area contributed by atoms with E-state index >= 15 is 0 Å². The van der Waals surface area contributed by atoms with Crippen LogP contribution in [0.5, 0.6) is 0 Å². The molecule has 0 radical (unpaired) electrons. The van der Waals surface area contributed by atoms with E-state index in [1.54, 1.807) is 13.1 Å². The van der Waals surface area contributed by atoms with Crippen LogP contribution in [0.25, 0.3) is 0 Å². The molecular formula is C5H16O2Si2. The number of rotatable bonds is 0. The minimum absolute atomic E-state index is 1.13. The van der Waals surface area contributed by atoms with E-state index in [-0.39, 0.29) is 0 Å². The van der Waals surface area contributed by atoms with Crippen LogP contribution in [-0.4, -0.2) is 21.8 Å². The molecule has 0 heterocycles. The quantitative estimate of drug-likeness (QED) is 0.551. The van der Waals surface area contributed by atoms with Gasteiger partial charge in [0.15, 0.2) is 8.32 Å². The molecule has 0 aliphatic heterocycles. The lowest BCUT2D eigenvalue weighted by molar-refractivity contribution is 0.560. The summed E-state index contributed by atoms with van der Waals surface area (Å²) >= 11 is 0. The Morgan fingerprint density at radius 2 is 1.22 bits per heavy atom. The molecule has 0 aromatic heterocycles. The van der Waals surface area contributed by atoms with E-state index in [1.165, 1.54) is 0 Å². The fraction of sp³-hybridized carbons (Fsp3) is 1.00. The minimum Gasteiger partial charge on any atom is -0.433 e. The van der Waals surface area contributed by atoms with E-state index in [4.69, 9.17) is 4.80 Å². The van der Waals surface area contributed by atoms with Gasteiger partial charge in [-0.05, 0) is 32.7 Å². The van der Waals surface area contributed by atoms with Crippen LogP contribution in [0.1, 0.15) is 0 Å². The molecule has 0 fully saturated rings. The third kappa shape index (κ3) is 8370. The van der Waals surface area contributed by atoms with Crippen molar-refractivity contribution in [1.29, 1.82) is 0 Å². The fourth-order valence-electron chi connectivity index (χ4n) is 0. The van der Waals surface area contributed by atoms with Crippen LogP contribution < -0.4 is 0 Å². The average Bonchev–Trinajstić information content (AvgIpc) is 1.19. The zero-order valence-corrected chi connectivity index (χ0v) is 8.86. The van der Waals surface area contributed by atoms with Crippen LogP contribution in [0.4, 0.5) is 0 Å². The van der Waals surface area contributed by atoms with Crippen molar-refractivity contribution in [2.24, 2.45) is 0 Å². The summed E-state index contributed by atoms with van der Waals surface area (Å²) < 4.78 is 9.63. The average molecular weight is 164 g/mol. The van der Waals surface area contributed by atoms with Crippen LogP contribution in [-0.2, 0) is 4.46 Å². The van der Waals surface area contributed by atoms with Crippen LogP contribution in [0, 0.1) is 0 Å². The molecule has 2 nitrogen and oxygen atoms in total. The highest BCUT2D eigenvalue weighted by molar-refractivity contribution is 6.68. The van der Waals surface area contributed by atoms with Gasteiger partial charge in [-0.3, -0.25) is 0 Å². The summed E-state index contributed by atoms with van der Waals surface area (Å²) in [5, 5.41) is 0. The molecule has 0 aliphatic carbocycles. The van der Waals surface area contributed by atoms with E-state index in [2.05, 4.69) is 0 Å². The first-order valence-electron chi connectivity index (χ1n) is 2.93. The second-order valence-electron chi connectivity index (χ2n) is 3.08. The van der Waals surface area contributed by atoms with Crippen molar-refractivity contribution in [3.8, 4) is 0 Å². The lowest BCUT2D eigenvalue weighted by Crippen LogP contribution is -2.17. The summed E-state index contributed by atoms with van der Waals surface area (Å²) in [6, 6.07) is 0. The van der Waals surface area contributed by atoms with Gasteiger partial charge >= 0.3 is 0 Å². The standard InChI is InChI=1S/C3H10OSi.C2H6OSi/c1-5(2,3)4;1-4(2)3/h4H,1-3H3;1-2H3. The predicted molar refractivity (Wildman–Crippen MR) is 43.7 cm³/mol. The molecule has 56 valence electrons. The van der Waals surface area contributed by atoms with E-state index in [0.717, 1.165) is 0 Å². The first-order valence-corrected chi connectivity index (χ1v) is 8.78. The Hall–Kier alpha value is 0.194. The predicted octanol–water partition coefficient (Wildman–Crippen LogP) is 1.48. The van der Waals surface area contributed by atoms with Crippen molar-refractivity contribution in [2.75, 3.05) is 0 Å². The second kappa shape index (κ2) is 5.02. The topological polar surface area (TPSA) is 37.3 Å². The van der Waals surface area contributed by atoms with Gasteiger partial charge in [0.25, 0.3) is 8.68 Å². The summed E-state index contributed by atoms with van der Waals surface area (Å²) in [5.41, 5.74) is 0. The fourth-order valence-corrected chi connectivity index (χ4v) is 0. The smallest absolute Gasteiger partial charge is 0.270 e. The van der Waals surface area contributed by atoms with Gasteiger partial charge in [0.1, 0.15) is 0 Å². The highest BCUT2D eigenvalue weighted by atomic mass is 28.4. The van der Waals surface area contributed by atoms with Crippen LogP contribution in [0.3, 0.4) is 0 Å². The number of hydrogen-bond donors (Lipinski definition) is 1. The molecule has 0 spiro atoms. The first kappa shape index (κ1) is 11.9. The van der Waals surface area contributed by atoms with E-state index in [9.17, 15) is 4.46 Å². The van der Waals surface area contributed by atoms with Gasteiger partial charge < -0.3 is 9.26 Å². The van der Waals surface area contributed by atoms with E-state index in [0.29, 0.717) is 0 Å². The molecular weight excluding hydrogens is 148 g/mol. The summed E-state index contributed by atoms with van der Waals surface area (Å²) in [6.07, 6.45) is 0. The van der Waals surface area contributed by atoms with E-state index < -0.39 is 17.0 Å². The molecule has 0 saturated heterocycles. The van der Waals surface area contributed by atoms with Crippen molar-refractivity contribution in [3.63, 3.8) is 0 Å². The molecule has 0 aliphatic rings. The van der Waals surface area contributed by atoms with Gasteiger partial charge in [0.05, 0.1) is 0 Å². The molecule has 0 aromatic rings. The first-order chi connectivity index (χ1) is 3.73. The zero-order valence-electron chi connectivity index (χ0n) is 6.86. The molecule has 0 rings (SSSR count). The van der Waals surface area contributed by atoms with Gasteiger partial charge in [0, 0.05) is 0 Å². The summed E-state index contributed by atoms with van der Waals surface area (Å²) in [4.78, 5) is 8.66. The van der Waals surface area contributed by atoms with Crippen LogP contribution >= 0.6 is 0 Å². The largest absolute Gasteiger partial charge is 0.433 e. The number of hydrogen-bond acceptors (Lipinski definition) is 2. The minimum atomic E-state index is -1.61. The van der Waals surface area contributed by atoms with Gasteiger partial charge in [-0.2, -0.15) is 0 Å². The van der Waals surface area contributed by atoms with Gasteiger partial charge in [-0.1, -0.05) is 0 Å². The summed E-state index contributed by atoms with van der Waals surface area (Å²) in [6.45, 7) is 9.07. The highest BCUT2D eigenvalue weighted by Crippen LogP contribution is 1.88. The van der Waals surface area contributed by atoms with Gasteiger partial charge in [-0.15, -0.1) is 0 Å². The normalized spacial score (nSPS) is 9.56. The van der Waals surface area contributed by atoms with Crippen molar-refractivity contribution >= 4 is 17.0 Å². The molecule has 4 heteroatoms. The van der Waals surface area contributed by atoms with Crippen molar-refractivity contribution in [3.05, 3.63) is 0 Å². The Labute approximate surface area is 59.7 Å². The Morgan fingerprint density at radius 1 is 1.22 bits per heavy atom. The monoisotopic (exact) mass is 164 g/mol. The third-order valence-electron chi connectivity index (χ3n) is 0. The highest BCUT2D eigenvalue weighted by Gasteiger charge is 2.03. The molecule has 0 saturated carbocycles. The summed E-state index contributed by atoms with van der Waals surface area (Å²) in [7, 11) is -2.74. The molecule has 0 unspecified atom stereocenters. The molecule has 9 heavy (non-hydrogen) atoms. The van der Waals surface area contributed by atoms with Gasteiger partial charge in [-0.25, -0.2) is 0 Å².